The van der Waals surface area contributed by atoms with Gasteiger partial charge in [-0.15, -0.1) is 0 Å². The van der Waals surface area contributed by atoms with E-state index in [2.05, 4.69) is 0 Å². The van der Waals surface area contributed by atoms with Gasteiger partial charge in [-0.25, -0.2) is 0 Å². The van der Waals surface area contributed by atoms with Gasteiger partial charge in [0, 0.05) is 0 Å². The molecule has 0 heterocycles. The molecule has 0 aliphatic carbocycles. The van der Waals surface area contributed by atoms with Crippen LogP contribution in [-0.2, 0) is 19.8 Å². The zero-order valence-electron chi connectivity index (χ0n) is 3.03. The molecule has 0 aliphatic rings. The molecule has 0 aliphatic heterocycles. The van der Waals surface area contributed by atoms with E-state index < -0.39 is 12.1 Å². The third kappa shape index (κ3) is 5.93. The van der Waals surface area contributed by atoms with Crippen molar-refractivity contribution in [3.05, 3.63) is 0 Å². The number of hydrogen-bond donors (Lipinski definition) is 1. The van der Waals surface area contributed by atoms with Gasteiger partial charge in [-0.05, 0) is 0 Å². The second kappa shape index (κ2) is 2.29. The van der Waals surface area contributed by atoms with Crippen LogP contribution in [0.2, 0.25) is 0 Å². The van der Waals surface area contributed by atoms with Gasteiger partial charge >= 0.3 is 44.7 Å². The van der Waals surface area contributed by atoms with Crippen LogP contribution in [0, 0.1) is 10.7 Å². The molecule has 4 nitrogen and oxygen atoms in total. The van der Waals surface area contributed by atoms with Crippen LogP contribution >= 0.6 is 10.1 Å². The summed E-state index contributed by atoms with van der Waals surface area (Å²) >= 11 is -4.75. The summed E-state index contributed by atoms with van der Waals surface area (Å²) < 4.78 is 27.0. The van der Waals surface area contributed by atoms with Crippen LogP contribution in [0.25, 0.3) is 0 Å². The van der Waals surface area contributed by atoms with Crippen LogP contribution < -0.4 is 0 Å². The van der Waals surface area contributed by atoms with E-state index in [1.165, 1.54) is 5.40 Å². The minimum atomic E-state index is -4.75. The van der Waals surface area contributed by atoms with Crippen LogP contribution in [0.3, 0.4) is 0 Å². The molecular weight excluding hydrogens is 158 g/mol. The Balaban J connectivity index is 3.92. The molecule has 6 heteroatoms. The van der Waals surface area contributed by atoms with Crippen LogP contribution in [-0.4, -0.2) is 4.16 Å². The average molecular weight is 159 g/mol. The summed E-state index contributed by atoms with van der Waals surface area (Å²) in [5.74, 6) is 0. The number of rotatable bonds is 1. The van der Waals surface area contributed by atoms with Gasteiger partial charge in [0.2, 0.25) is 0 Å². The zero-order valence-corrected chi connectivity index (χ0v) is 5.12. The summed E-state index contributed by atoms with van der Waals surface area (Å²) in [6.45, 7) is 0. The third-order valence-corrected chi connectivity index (χ3v) is 1.76. The van der Waals surface area contributed by atoms with Crippen molar-refractivity contribution in [3.8, 4) is 5.40 Å². The maximum absolute atomic E-state index is 9.60. The molecule has 1 N–H and O–H groups in total. The van der Waals surface area contributed by atoms with E-state index in [1.54, 1.807) is 0 Å². The van der Waals surface area contributed by atoms with Gasteiger partial charge in [-0.3, -0.25) is 0 Å². The molecule has 40 valence electrons. The molecule has 0 spiro atoms. The predicted molar refractivity (Wildman–Crippen MR) is 16.8 cm³/mol. The van der Waals surface area contributed by atoms with Gasteiger partial charge in [-0.2, -0.15) is 0 Å². The summed E-state index contributed by atoms with van der Waals surface area (Å²) in [5, 5.41) is 8.81. The second-order valence-electron chi connectivity index (χ2n) is 0.602. The van der Waals surface area contributed by atoms with Crippen LogP contribution in [0.1, 0.15) is 0 Å². The van der Waals surface area contributed by atoms with E-state index in [0.29, 0.717) is 0 Å². The predicted octanol–water partition coefficient (Wildman–Crippen LogP) is -0.132. The van der Waals surface area contributed by atoms with E-state index in [4.69, 9.17) is 9.42 Å². The first-order valence-corrected chi connectivity index (χ1v) is 5.02. The normalized spacial score (nSPS) is 10.3. The molecule has 0 unspecified atom stereocenters. The molecule has 0 aromatic heterocycles. The van der Waals surface area contributed by atoms with E-state index >= 15 is 0 Å². The first kappa shape index (κ1) is 6.93. The van der Waals surface area contributed by atoms with Crippen molar-refractivity contribution >= 4 is 10.1 Å². The van der Waals surface area contributed by atoms with Crippen molar-refractivity contribution in [2.24, 2.45) is 0 Å². The first-order valence-electron chi connectivity index (χ1n) is 1.11. The van der Waals surface area contributed by atoms with Crippen LogP contribution in [0.15, 0.2) is 0 Å². The fourth-order valence-electron chi connectivity index (χ4n) is 0.0471. The van der Waals surface area contributed by atoms with Crippen LogP contribution in [0.5, 0.6) is 0 Å². The van der Waals surface area contributed by atoms with Crippen molar-refractivity contribution in [2.45, 2.75) is 0 Å². The fraction of sp³-hybridized carbons (Fsp3) is 0. The van der Waals surface area contributed by atoms with Gasteiger partial charge in [0.05, 0.1) is 0 Å². The van der Waals surface area contributed by atoms with Crippen molar-refractivity contribution in [1.82, 2.24) is 0 Å². The molecule has 0 fully saturated rings. The van der Waals surface area contributed by atoms with Crippen molar-refractivity contribution < 1.29 is 23.9 Å². The van der Waals surface area contributed by atoms with Gasteiger partial charge in [-0.1, -0.05) is 0 Å². The number of thiocyanates is 1. The van der Waals surface area contributed by atoms with Gasteiger partial charge in [0.1, 0.15) is 0 Å². The SMILES string of the molecule is N#C[S][Cr](=[O])(=[O])[OH]. The van der Waals surface area contributed by atoms with Crippen molar-refractivity contribution in [2.75, 3.05) is 0 Å². The first-order chi connectivity index (χ1) is 3.06. The monoisotopic (exact) mass is 159 g/mol. The Hall–Kier alpha value is -0.0675. The standard InChI is InChI=1S/CHNS.Cr.H2O.2O/c2-1-3;;;;/h3H;;1H2;;/q;+2;;;/p-2. The molecule has 0 saturated heterocycles. The summed E-state index contributed by atoms with van der Waals surface area (Å²) in [7, 11) is -0.105. The van der Waals surface area contributed by atoms with E-state index in [9.17, 15) is 7.61 Å². The van der Waals surface area contributed by atoms with Gasteiger partial charge in [0.25, 0.3) is 0 Å². The molecule has 7 heavy (non-hydrogen) atoms. The Labute approximate surface area is 45.2 Å². The van der Waals surface area contributed by atoms with E-state index in [0.717, 1.165) is 0 Å². The van der Waals surface area contributed by atoms with Crippen LogP contribution in [0.4, 0.5) is 0 Å². The molecule has 0 aromatic carbocycles. The fourth-order valence-corrected chi connectivity index (χ4v) is 0.583. The minimum absolute atomic E-state index is 0.105. The van der Waals surface area contributed by atoms with Crippen molar-refractivity contribution in [1.29, 1.82) is 5.26 Å². The maximum atomic E-state index is 9.60. The number of nitriles is 1. The third-order valence-electron chi connectivity index (χ3n) is 0.143. The topological polar surface area (TPSA) is 78.2 Å². The van der Waals surface area contributed by atoms with E-state index in [1.807, 2.05) is 0 Å². The quantitative estimate of drug-likeness (QED) is 0.539. The zero-order chi connectivity index (χ0) is 5.91. The molecular formula is CHCrNO3S. The molecule has 0 rings (SSSR count). The van der Waals surface area contributed by atoms with E-state index in [-0.39, 0.29) is 10.1 Å². The summed E-state index contributed by atoms with van der Waals surface area (Å²) in [6, 6.07) is 0. The summed E-state index contributed by atoms with van der Waals surface area (Å²) in [6.07, 6.45) is 0. The molecule has 0 amide bonds. The summed E-state index contributed by atoms with van der Waals surface area (Å²) in [5.41, 5.74) is 0. The molecule has 0 aromatic rings. The Morgan fingerprint density at radius 2 is 2.14 bits per heavy atom. The summed E-state index contributed by atoms with van der Waals surface area (Å²) in [4.78, 5) is 0. The van der Waals surface area contributed by atoms with Crippen molar-refractivity contribution in [3.63, 3.8) is 0 Å². The second-order valence-corrected chi connectivity index (χ2v) is 4.81. The van der Waals surface area contributed by atoms with Gasteiger partial charge < -0.3 is 0 Å². The Kier molecular flexibility index (Phi) is 2.27. The molecule has 0 saturated carbocycles. The number of hydrogen-bond acceptors (Lipinski definition) is 4. The Morgan fingerprint density at radius 3 is 2.14 bits per heavy atom. The van der Waals surface area contributed by atoms with Gasteiger partial charge in [0.15, 0.2) is 0 Å². The number of nitrogens with zero attached hydrogens (tertiary/aromatic N) is 1. The molecule has 0 bridgehead atoms. The Morgan fingerprint density at radius 1 is 1.71 bits per heavy atom. The average Bonchev–Trinajstić information content (AvgIpc) is 1.30. The Bertz CT molecular complexity index is 176. The molecule has 0 atom stereocenters. The molecule has 0 radical (unpaired) electrons.